The molecular formula is C10H10N2. The van der Waals surface area contributed by atoms with Gasteiger partial charge in [-0.3, -0.25) is 0 Å². The molecule has 2 heteroatoms. The van der Waals surface area contributed by atoms with Crippen LogP contribution in [-0.2, 0) is 6.98 Å². The predicted molar refractivity (Wildman–Crippen MR) is 48.6 cm³/mol. The highest BCUT2D eigenvalue weighted by Crippen LogP contribution is 2.14. The standard InChI is InChI=1S/C10H10N2/c1-12-8-7-11-10(12)9-5-3-2-4-6-9/h2-8H,1H3/i1D3,2D,3D,4D,5D,7D,8D. The van der Waals surface area contributed by atoms with E-state index in [1.54, 1.807) is 0 Å². The Morgan fingerprint density at radius 1 is 1.50 bits per heavy atom. The Labute approximate surface area is 84.1 Å². The minimum absolute atomic E-state index is 0.163. The third kappa shape index (κ3) is 1.11. The van der Waals surface area contributed by atoms with E-state index in [0.717, 1.165) is 6.07 Å². The summed E-state index contributed by atoms with van der Waals surface area (Å²) in [6, 6.07) is -0.758. The molecule has 2 rings (SSSR count). The quantitative estimate of drug-likeness (QED) is 0.636. The van der Waals surface area contributed by atoms with Gasteiger partial charge in [0, 0.05) is 29.0 Å². The molecule has 0 aliphatic carbocycles. The molecule has 0 spiro atoms. The molecule has 0 saturated heterocycles. The number of aromatic nitrogens is 2. The molecule has 1 aromatic carbocycles. The van der Waals surface area contributed by atoms with Crippen LogP contribution in [0.1, 0.15) is 12.3 Å². The van der Waals surface area contributed by atoms with E-state index >= 15 is 0 Å². The van der Waals surface area contributed by atoms with Crippen LogP contribution in [0.2, 0.25) is 0 Å². The van der Waals surface area contributed by atoms with Crippen molar-refractivity contribution in [2.75, 3.05) is 0 Å². The Kier molecular flexibility index (Phi) is 0.521. The summed E-state index contributed by atoms with van der Waals surface area (Å²) in [5.74, 6) is -0.350. The lowest BCUT2D eigenvalue weighted by molar-refractivity contribution is 0.925. The van der Waals surface area contributed by atoms with Gasteiger partial charge in [0.05, 0.1) is 8.22 Å². The van der Waals surface area contributed by atoms with E-state index in [0.29, 0.717) is 4.57 Å². The lowest BCUT2D eigenvalue weighted by Gasteiger charge is -1.99. The molecule has 12 heavy (non-hydrogen) atoms. The fourth-order valence-electron chi connectivity index (χ4n) is 0.811. The molecule has 60 valence electrons. The number of benzene rings is 1. The summed E-state index contributed by atoms with van der Waals surface area (Å²) < 4.78 is 68.2. The zero-order chi connectivity index (χ0) is 16.1. The van der Waals surface area contributed by atoms with Crippen molar-refractivity contribution in [3.05, 3.63) is 42.6 Å². The van der Waals surface area contributed by atoms with E-state index in [1.165, 1.54) is 0 Å². The van der Waals surface area contributed by atoms with Crippen LogP contribution in [0.3, 0.4) is 0 Å². The van der Waals surface area contributed by atoms with Gasteiger partial charge in [0.1, 0.15) is 5.82 Å². The van der Waals surface area contributed by atoms with E-state index in [9.17, 15) is 0 Å². The highest BCUT2D eigenvalue weighted by Gasteiger charge is 1.99. The van der Waals surface area contributed by atoms with Crippen LogP contribution in [0.4, 0.5) is 0 Å². The first-order chi connectivity index (χ1) is 9.55. The van der Waals surface area contributed by atoms with Gasteiger partial charge in [0.25, 0.3) is 0 Å². The monoisotopic (exact) mass is 167 g/mol. The van der Waals surface area contributed by atoms with Gasteiger partial charge in [-0.15, -0.1) is 0 Å². The topological polar surface area (TPSA) is 17.8 Å². The summed E-state index contributed by atoms with van der Waals surface area (Å²) in [5, 5.41) is 0. The second-order valence-corrected chi connectivity index (χ2v) is 2.07. The molecule has 0 fully saturated rings. The minimum atomic E-state index is -2.78. The van der Waals surface area contributed by atoms with Gasteiger partial charge >= 0.3 is 0 Å². The summed E-state index contributed by atoms with van der Waals surface area (Å²) in [4.78, 5) is 3.65. The third-order valence-electron chi connectivity index (χ3n) is 1.32. The predicted octanol–water partition coefficient (Wildman–Crippen LogP) is 2.09. The van der Waals surface area contributed by atoms with Crippen LogP contribution in [0.25, 0.3) is 11.4 Å². The highest BCUT2D eigenvalue weighted by molar-refractivity contribution is 5.54. The van der Waals surface area contributed by atoms with E-state index in [4.69, 9.17) is 12.3 Å². The smallest absolute Gasteiger partial charge is 0.139 e. The summed E-state index contributed by atoms with van der Waals surface area (Å²) >= 11 is 0. The molecule has 0 bridgehead atoms. The van der Waals surface area contributed by atoms with E-state index in [1.807, 2.05) is 0 Å². The Bertz CT molecular complexity index is 717. The number of imidazole rings is 1. The Morgan fingerprint density at radius 2 is 2.50 bits per heavy atom. The Morgan fingerprint density at radius 3 is 3.42 bits per heavy atom. The van der Waals surface area contributed by atoms with Crippen LogP contribution in [0.5, 0.6) is 0 Å². The number of rotatable bonds is 1. The van der Waals surface area contributed by atoms with E-state index in [2.05, 4.69) is 4.98 Å². The lowest BCUT2D eigenvalue weighted by atomic mass is 10.2. The van der Waals surface area contributed by atoms with E-state index < -0.39 is 37.4 Å². The molecule has 0 aliphatic rings. The van der Waals surface area contributed by atoms with Crippen LogP contribution >= 0.6 is 0 Å². The van der Waals surface area contributed by atoms with Gasteiger partial charge in [-0.05, 0) is 0 Å². The average molecular weight is 167 g/mol. The van der Waals surface area contributed by atoms with Crippen LogP contribution in [0, 0.1) is 0 Å². The maximum absolute atomic E-state index is 7.80. The molecule has 2 nitrogen and oxygen atoms in total. The molecule has 2 aromatic rings. The van der Waals surface area contributed by atoms with Gasteiger partial charge in [-0.1, -0.05) is 30.2 Å². The molecule has 0 unspecified atom stereocenters. The minimum Gasteiger partial charge on any atom is -0.334 e. The molecule has 0 radical (unpaired) electrons. The normalized spacial score (nSPS) is 21.8. The number of hydrogen-bond donors (Lipinski definition) is 0. The van der Waals surface area contributed by atoms with Crippen molar-refractivity contribution in [3.8, 4) is 11.4 Å². The fraction of sp³-hybridized carbons (Fsp3) is 0.100. The van der Waals surface area contributed by atoms with Crippen molar-refractivity contribution < 1.29 is 12.3 Å². The molecule has 0 aliphatic heterocycles. The van der Waals surface area contributed by atoms with Gasteiger partial charge in [-0.2, -0.15) is 0 Å². The lowest BCUT2D eigenvalue weighted by Crippen LogP contribution is -1.89. The van der Waals surface area contributed by atoms with Crippen molar-refractivity contribution in [3.63, 3.8) is 0 Å². The summed E-state index contributed by atoms with van der Waals surface area (Å²) in [7, 11) is 0. The summed E-state index contributed by atoms with van der Waals surface area (Å²) in [5.41, 5.74) is -0.163. The van der Waals surface area contributed by atoms with Crippen molar-refractivity contribution in [2.45, 2.75) is 0 Å². The van der Waals surface area contributed by atoms with Crippen molar-refractivity contribution in [2.24, 2.45) is 6.98 Å². The zero-order valence-corrected chi connectivity index (χ0v) is 5.97. The van der Waals surface area contributed by atoms with Gasteiger partial charge in [0.15, 0.2) is 0 Å². The van der Waals surface area contributed by atoms with Crippen LogP contribution < -0.4 is 0 Å². The first kappa shape index (κ1) is 2.22. The Hall–Kier alpha value is -1.57. The molecule has 0 amide bonds. The second-order valence-electron chi connectivity index (χ2n) is 2.07. The van der Waals surface area contributed by atoms with E-state index in [-0.39, 0.29) is 17.4 Å². The molecule has 0 saturated carbocycles. The first-order valence-electron chi connectivity index (χ1n) is 7.70. The number of hydrogen-bond acceptors (Lipinski definition) is 1. The van der Waals surface area contributed by atoms with Gasteiger partial charge in [0.2, 0.25) is 0 Å². The maximum Gasteiger partial charge on any atom is 0.139 e. The molecule has 1 heterocycles. The fourth-order valence-corrected chi connectivity index (χ4v) is 0.811. The SMILES string of the molecule is [2H]c1cc(-c2nc([2H])c([2H])n2C([2H])([2H])[2H])c([2H])c([2H])c1[2H]. The van der Waals surface area contributed by atoms with Crippen molar-refractivity contribution >= 4 is 0 Å². The molecule has 0 N–H and O–H groups in total. The number of nitrogens with zero attached hydrogens (tertiary/aromatic N) is 2. The van der Waals surface area contributed by atoms with Gasteiger partial charge in [-0.25, -0.2) is 4.98 Å². The highest BCUT2D eigenvalue weighted by atomic mass is 15.0. The molecule has 1 aromatic heterocycles. The zero-order valence-electron chi connectivity index (χ0n) is 15.0. The molecular weight excluding hydrogens is 148 g/mol. The summed E-state index contributed by atoms with van der Waals surface area (Å²) in [6.07, 6.45) is -1.22. The maximum atomic E-state index is 7.80. The van der Waals surface area contributed by atoms with Crippen LogP contribution in [-0.4, -0.2) is 9.55 Å². The first-order valence-corrected chi connectivity index (χ1v) is 3.20. The largest absolute Gasteiger partial charge is 0.334 e. The third-order valence-corrected chi connectivity index (χ3v) is 1.32. The van der Waals surface area contributed by atoms with Crippen molar-refractivity contribution in [1.29, 1.82) is 0 Å². The Balaban J connectivity index is 2.84. The summed E-state index contributed by atoms with van der Waals surface area (Å²) in [6.45, 7) is -2.78. The molecule has 0 atom stereocenters. The van der Waals surface area contributed by atoms with Crippen molar-refractivity contribution in [1.82, 2.24) is 9.55 Å². The second kappa shape index (κ2) is 2.81. The average Bonchev–Trinajstić information content (AvgIpc) is 2.67. The van der Waals surface area contributed by atoms with Crippen LogP contribution in [0.15, 0.2) is 42.6 Å². The van der Waals surface area contributed by atoms with Gasteiger partial charge < -0.3 is 4.57 Å².